The molecule has 2 aliphatic carbocycles. The van der Waals surface area contributed by atoms with Gasteiger partial charge in [-0.2, -0.15) is 18.3 Å². The Hall–Kier alpha value is -5.05. The summed E-state index contributed by atoms with van der Waals surface area (Å²) in [4.78, 5) is 60.8. The van der Waals surface area contributed by atoms with Crippen molar-refractivity contribution in [1.29, 1.82) is 0 Å². The first-order valence-corrected chi connectivity index (χ1v) is 20.4. The number of benzene rings is 1. The summed E-state index contributed by atoms with van der Waals surface area (Å²) < 4.78 is 105. The number of hydrazone groups is 1. The van der Waals surface area contributed by atoms with Crippen molar-refractivity contribution in [3.05, 3.63) is 42.4 Å². The van der Waals surface area contributed by atoms with E-state index in [0.29, 0.717) is 50.7 Å². The van der Waals surface area contributed by atoms with E-state index in [9.17, 15) is 45.2 Å². The number of rotatable bonds is 8. The molecule has 0 spiro atoms. The number of aromatic nitrogens is 1. The number of halogens is 4. The van der Waals surface area contributed by atoms with Gasteiger partial charge in [-0.3, -0.25) is 19.1 Å². The van der Waals surface area contributed by atoms with Crippen LogP contribution in [0, 0.1) is 11.7 Å². The Kier molecular flexibility index (Phi) is 11.7. The maximum absolute atomic E-state index is 14.6. The zero-order chi connectivity index (χ0) is 43.3. The lowest BCUT2D eigenvalue weighted by atomic mass is 10.1. The monoisotopic (exact) mass is 854 g/mol. The number of carbonyl (C=O) groups excluding carboxylic acids is 4. The molecular formula is C38H46F4N6O10S. The molecule has 3 fully saturated rings. The molecule has 16 nitrogen and oxygen atoms in total. The van der Waals surface area contributed by atoms with Crippen molar-refractivity contribution in [3.63, 3.8) is 0 Å². The number of sulfonamides is 1. The third kappa shape index (κ3) is 8.95. The van der Waals surface area contributed by atoms with Gasteiger partial charge in [-0.25, -0.2) is 28.0 Å². The number of ether oxygens (including phenoxy) is 4. The molecule has 6 unspecified atom stereocenters. The number of fused-ring (bicyclic) bond motifs is 3. The fraction of sp³-hybridized carbons (Fsp3) is 0.579. The predicted molar refractivity (Wildman–Crippen MR) is 202 cm³/mol. The summed E-state index contributed by atoms with van der Waals surface area (Å²) >= 11 is 0. The van der Waals surface area contributed by atoms with Gasteiger partial charge in [-0.1, -0.05) is 12.2 Å². The van der Waals surface area contributed by atoms with Crippen molar-refractivity contribution < 1.29 is 64.1 Å². The van der Waals surface area contributed by atoms with E-state index in [1.54, 1.807) is 19.1 Å². The number of alkyl halides is 3. The molecule has 3 heterocycles. The minimum absolute atomic E-state index is 0.0390. The molecule has 2 saturated carbocycles. The van der Waals surface area contributed by atoms with Crippen LogP contribution in [0.1, 0.15) is 73.1 Å². The molecule has 6 rings (SSSR count). The van der Waals surface area contributed by atoms with Crippen LogP contribution in [0.25, 0.3) is 10.8 Å². The molecule has 322 valence electrons. The molecule has 1 saturated heterocycles. The molecule has 4 aliphatic rings. The summed E-state index contributed by atoms with van der Waals surface area (Å²) in [5.74, 6) is -3.83. The molecule has 3 N–H and O–H groups in total. The Morgan fingerprint density at radius 2 is 1.85 bits per heavy atom. The average molecular weight is 855 g/mol. The van der Waals surface area contributed by atoms with E-state index in [2.05, 4.69) is 24.9 Å². The molecule has 4 amide bonds. The number of nitrogens with one attached hydrogen (secondary N) is 3. The van der Waals surface area contributed by atoms with E-state index < -0.39 is 97.7 Å². The van der Waals surface area contributed by atoms with Crippen molar-refractivity contribution in [1.82, 2.24) is 25.3 Å². The van der Waals surface area contributed by atoms with Crippen LogP contribution < -0.4 is 24.9 Å². The van der Waals surface area contributed by atoms with Crippen LogP contribution in [0.4, 0.5) is 22.4 Å². The number of allylic oxidation sites excluding steroid dienone is 1. The first kappa shape index (κ1) is 43.5. The minimum Gasteiger partial charge on any atom is -0.494 e. The Bertz CT molecular complexity index is 2200. The van der Waals surface area contributed by atoms with E-state index in [-0.39, 0.29) is 30.7 Å². The fourth-order valence-corrected chi connectivity index (χ4v) is 8.26. The van der Waals surface area contributed by atoms with Gasteiger partial charge < -0.3 is 29.2 Å². The fourth-order valence-electron chi connectivity index (χ4n) is 6.95. The van der Waals surface area contributed by atoms with Gasteiger partial charge in [0.15, 0.2) is 5.71 Å². The summed E-state index contributed by atoms with van der Waals surface area (Å²) in [7, 11) is -2.72. The van der Waals surface area contributed by atoms with Crippen LogP contribution in [0.5, 0.6) is 11.6 Å². The van der Waals surface area contributed by atoms with E-state index in [4.69, 9.17) is 14.2 Å². The van der Waals surface area contributed by atoms with Gasteiger partial charge in [0.25, 0.3) is 11.8 Å². The van der Waals surface area contributed by atoms with Crippen LogP contribution in [-0.2, 0) is 33.9 Å². The second-order valence-electron chi connectivity index (χ2n) is 16.0. The Labute approximate surface area is 337 Å². The molecule has 1 aromatic heterocycles. The molecule has 6 atom stereocenters. The number of hydrogen-bond donors (Lipinski definition) is 3. The van der Waals surface area contributed by atoms with Gasteiger partial charge in [-0.15, -0.1) is 0 Å². The summed E-state index contributed by atoms with van der Waals surface area (Å²) in [6.45, 7) is 5.51. The van der Waals surface area contributed by atoms with Crippen molar-refractivity contribution in [3.8, 4) is 11.6 Å². The summed E-state index contributed by atoms with van der Waals surface area (Å²) in [5.41, 5.74) is -3.34. The number of carbonyl (C=O) groups is 4. The van der Waals surface area contributed by atoms with E-state index in [0.717, 1.165) is 4.90 Å². The Morgan fingerprint density at radius 1 is 1.14 bits per heavy atom. The van der Waals surface area contributed by atoms with Crippen molar-refractivity contribution >= 4 is 50.3 Å². The number of methoxy groups -OCH3 is 1. The summed E-state index contributed by atoms with van der Waals surface area (Å²) in [6.07, 6.45) is -3.35. The normalized spacial score (nSPS) is 28.1. The van der Waals surface area contributed by atoms with Crippen LogP contribution >= 0.6 is 0 Å². The molecule has 59 heavy (non-hydrogen) atoms. The number of nitrogens with zero attached hydrogens (tertiary/aromatic N) is 3. The van der Waals surface area contributed by atoms with Crippen LogP contribution in [0.15, 0.2) is 41.6 Å². The van der Waals surface area contributed by atoms with Crippen LogP contribution in [0.3, 0.4) is 0 Å². The maximum atomic E-state index is 14.6. The van der Waals surface area contributed by atoms with Crippen molar-refractivity contribution in [2.75, 3.05) is 13.7 Å². The van der Waals surface area contributed by atoms with Crippen LogP contribution in [-0.4, -0.2) is 108 Å². The van der Waals surface area contributed by atoms with Crippen molar-refractivity contribution in [2.45, 2.75) is 120 Å². The minimum atomic E-state index is -4.95. The van der Waals surface area contributed by atoms with E-state index >= 15 is 0 Å². The molecule has 0 bridgehead atoms. The number of hydrogen-bond acceptors (Lipinski definition) is 12. The largest absolute Gasteiger partial charge is 0.494 e. The van der Waals surface area contributed by atoms with Gasteiger partial charge in [-0.05, 0) is 84.9 Å². The quantitative estimate of drug-likeness (QED) is 0.195. The van der Waals surface area contributed by atoms with Crippen LogP contribution in [0.2, 0.25) is 0 Å². The first-order chi connectivity index (χ1) is 27.5. The zero-order valence-corrected chi connectivity index (χ0v) is 34.0. The lowest BCUT2D eigenvalue weighted by molar-refractivity contribution is -0.243. The molecule has 2 aliphatic heterocycles. The van der Waals surface area contributed by atoms with Gasteiger partial charge in [0.1, 0.15) is 35.4 Å². The summed E-state index contributed by atoms with van der Waals surface area (Å²) in [5, 5.41) is 7.23. The molecular weight excluding hydrogens is 809 g/mol. The van der Waals surface area contributed by atoms with E-state index in [1.807, 2.05) is 5.43 Å². The van der Waals surface area contributed by atoms with E-state index in [1.165, 1.54) is 45.4 Å². The average Bonchev–Trinajstić information content (AvgIpc) is 4.02. The molecule has 2 aromatic rings. The lowest BCUT2D eigenvalue weighted by Crippen LogP contribution is -2.58. The topological polar surface area (TPSA) is 204 Å². The first-order valence-electron chi connectivity index (χ1n) is 18.9. The van der Waals surface area contributed by atoms with Crippen molar-refractivity contribution in [2.24, 2.45) is 11.0 Å². The highest BCUT2D eigenvalue weighted by Crippen LogP contribution is 2.47. The molecule has 1 aromatic carbocycles. The number of amides is 4. The highest BCUT2D eigenvalue weighted by molar-refractivity contribution is 7.91. The summed E-state index contributed by atoms with van der Waals surface area (Å²) in [6, 6.07) is 2.39. The highest BCUT2D eigenvalue weighted by Gasteiger charge is 2.63. The van der Waals surface area contributed by atoms with Gasteiger partial charge in [0.05, 0.1) is 36.1 Å². The van der Waals surface area contributed by atoms with Gasteiger partial charge in [0, 0.05) is 17.7 Å². The smallest absolute Gasteiger partial charge is 0.428 e. The predicted octanol–water partition coefficient (Wildman–Crippen LogP) is 4.17. The zero-order valence-electron chi connectivity index (χ0n) is 33.1. The standard InChI is InChI=1S/C38H46F4N6O10S/c1-20-9-7-8-10-22-17-37(22,33(51)47-59(53,54)36(5)13-14-36)44-30(49)27-16-24(57-31-26-15-23(39)11-12-25(26)28(55-6)18-43-31)19-48(27)32(50)29(21(2)56-20)45-46-34(52)58-35(3,4)38(40,41)42/h8,10-12,15,18,20-22,24,27H,7,9,13-14,16-17,19H2,1-6H3,(H,44,49)(H,46,52)(H,47,51). The second kappa shape index (κ2) is 15.9. The number of pyridine rings is 1. The third-order valence-corrected chi connectivity index (χ3v) is 13.3. The Morgan fingerprint density at radius 3 is 2.51 bits per heavy atom. The Balaban J connectivity index is 1.37. The maximum Gasteiger partial charge on any atom is 0.428 e. The SMILES string of the molecule is COc1cnc(OC2CC3C(=O)NC4(C(=O)NS(=O)(=O)C5(C)CC5)CC4C=CCCC(C)OC(C)C(=NNC(=O)OC(C)(C)C(F)(F)F)C(=O)N3C2)c2cc(F)ccc12. The van der Waals surface area contributed by atoms with Gasteiger partial charge in [0.2, 0.25) is 27.4 Å². The second-order valence-corrected chi connectivity index (χ2v) is 18.2. The van der Waals surface area contributed by atoms with Gasteiger partial charge >= 0.3 is 12.3 Å². The highest BCUT2D eigenvalue weighted by atomic mass is 32.2. The third-order valence-electron chi connectivity index (χ3n) is 11.1. The molecule has 21 heteroatoms. The lowest BCUT2D eigenvalue weighted by Gasteiger charge is -2.29. The molecule has 0 radical (unpaired) electrons.